The molecule has 0 aliphatic heterocycles. The van der Waals surface area contributed by atoms with Gasteiger partial charge in [0.2, 0.25) is 0 Å². The molecule has 0 unspecified atom stereocenters. The van der Waals surface area contributed by atoms with Gasteiger partial charge in [-0.05, 0) is 70.8 Å². The van der Waals surface area contributed by atoms with Crippen molar-refractivity contribution < 1.29 is 9.47 Å². The Morgan fingerprint density at radius 3 is 1.08 bits per heavy atom. The second-order valence-electron chi connectivity index (χ2n) is 8.51. The topological polar surface area (TPSA) is 21.7 Å². The molecule has 37 heavy (non-hydrogen) atoms. The third kappa shape index (κ3) is 5.74. The van der Waals surface area contributed by atoms with Gasteiger partial charge in [0, 0.05) is 38.5 Å². The summed E-state index contributed by atoms with van der Waals surface area (Å²) in [6.45, 7) is 0. The normalized spacial score (nSPS) is 10.7. The Labute approximate surface area is 234 Å². The van der Waals surface area contributed by atoms with Crippen molar-refractivity contribution in [2.45, 2.75) is 0 Å². The van der Waals surface area contributed by atoms with E-state index in [2.05, 4.69) is 134 Å². The number of ether oxygens (including phenoxy) is 2. The zero-order valence-corrected chi connectivity index (χ0v) is 23.7. The number of rotatable bonds is 7. The van der Waals surface area contributed by atoms with Crippen LogP contribution in [0.5, 0.6) is 11.5 Å². The first kappa shape index (κ1) is 25.1. The molecule has 0 N–H and O–H groups in total. The Bertz CT molecular complexity index is 1370. The first-order valence-electron chi connectivity index (χ1n) is 11.8. The lowest BCUT2D eigenvalue weighted by atomic mass is 10.0. The van der Waals surface area contributed by atoms with Crippen LogP contribution >= 0.6 is 31.9 Å². The van der Waals surface area contributed by atoms with Crippen molar-refractivity contribution in [1.82, 2.24) is 0 Å². The van der Waals surface area contributed by atoms with Crippen molar-refractivity contribution in [2.24, 2.45) is 0 Å². The van der Waals surface area contributed by atoms with Gasteiger partial charge >= 0.3 is 0 Å². The maximum atomic E-state index is 5.58. The minimum atomic E-state index is 0.734. The molecule has 0 spiro atoms. The lowest BCUT2D eigenvalue weighted by Gasteiger charge is -2.26. The van der Waals surface area contributed by atoms with E-state index < -0.39 is 0 Å². The molecule has 0 aliphatic rings. The number of anilines is 3. The lowest BCUT2D eigenvalue weighted by molar-refractivity contribution is 0.394. The molecule has 0 saturated heterocycles. The third-order valence-electron chi connectivity index (χ3n) is 6.20. The van der Waals surface area contributed by atoms with Gasteiger partial charge in [-0.1, -0.05) is 80.4 Å². The number of benzene rings is 5. The summed E-state index contributed by atoms with van der Waals surface area (Å²) in [5.74, 6) is 1.47. The molecule has 5 aromatic carbocycles. The fourth-order valence-electron chi connectivity index (χ4n) is 4.26. The minimum absolute atomic E-state index is 0.734. The van der Waals surface area contributed by atoms with Crippen LogP contribution in [0.4, 0.5) is 17.1 Å². The molecular weight excluding hydrogens is 590 g/mol. The molecule has 5 heteroatoms. The minimum Gasteiger partial charge on any atom is -0.497 e. The summed E-state index contributed by atoms with van der Waals surface area (Å²) in [5, 5.41) is 0. The van der Waals surface area contributed by atoms with Gasteiger partial charge in [-0.25, -0.2) is 0 Å². The van der Waals surface area contributed by atoms with Gasteiger partial charge in [0.05, 0.1) is 19.9 Å². The van der Waals surface area contributed by atoms with Crippen LogP contribution in [0.15, 0.2) is 124 Å². The average Bonchev–Trinajstić information content (AvgIpc) is 2.95. The lowest BCUT2D eigenvalue weighted by Crippen LogP contribution is -2.10. The van der Waals surface area contributed by atoms with Crippen molar-refractivity contribution >= 4 is 48.9 Å². The average molecular weight is 615 g/mol. The van der Waals surface area contributed by atoms with Crippen LogP contribution in [0.3, 0.4) is 0 Å². The van der Waals surface area contributed by atoms with Crippen LogP contribution < -0.4 is 14.4 Å². The maximum Gasteiger partial charge on any atom is 0.124 e. The van der Waals surface area contributed by atoms with E-state index in [9.17, 15) is 0 Å². The van der Waals surface area contributed by atoms with E-state index in [1.807, 2.05) is 18.2 Å². The number of nitrogens with zero attached hydrogens (tertiary/aromatic N) is 1. The first-order chi connectivity index (χ1) is 18.0. The van der Waals surface area contributed by atoms with Crippen LogP contribution in [-0.2, 0) is 0 Å². The van der Waals surface area contributed by atoms with Gasteiger partial charge in [-0.2, -0.15) is 0 Å². The Balaban J connectivity index is 1.57. The van der Waals surface area contributed by atoms with E-state index in [1.54, 1.807) is 14.2 Å². The molecule has 5 rings (SSSR count). The monoisotopic (exact) mass is 613 g/mol. The predicted molar refractivity (Wildman–Crippen MR) is 161 cm³/mol. The molecule has 0 bridgehead atoms. The van der Waals surface area contributed by atoms with Crippen molar-refractivity contribution in [3.05, 3.63) is 124 Å². The highest BCUT2D eigenvalue weighted by molar-refractivity contribution is 9.10. The van der Waals surface area contributed by atoms with E-state index in [0.29, 0.717) is 0 Å². The molecule has 184 valence electrons. The number of methoxy groups -OCH3 is 2. The van der Waals surface area contributed by atoms with Crippen LogP contribution in [0.1, 0.15) is 0 Å². The van der Waals surface area contributed by atoms with E-state index in [4.69, 9.17) is 9.47 Å². The van der Waals surface area contributed by atoms with Gasteiger partial charge in [0.1, 0.15) is 11.5 Å². The molecule has 0 aromatic heterocycles. The molecule has 0 fully saturated rings. The summed E-state index contributed by atoms with van der Waals surface area (Å²) < 4.78 is 13.3. The molecule has 0 atom stereocenters. The van der Waals surface area contributed by atoms with Crippen LogP contribution in [0.25, 0.3) is 22.3 Å². The second kappa shape index (κ2) is 11.2. The van der Waals surface area contributed by atoms with Crippen molar-refractivity contribution in [3.8, 4) is 33.8 Å². The molecule has 5 aromatic rings. The standard InChI is InChI=1S/C32H25Br2NO2/c1-36-31-19-30(20-32(21-31)37-2)35(28-15-7-24(8-16-28)22-3-11-26(33)12-4-22)29-17-9-25(10-18-29)23-5-13-27(34)14-6-23/h3-21H,1-2H3. The number of hydrogen-bond donors (Lipinski definition) is 0. The molecule has 3 nitrogen and oxygen atoms in total. The fourth-order valence-corrected chi connectivity index (χ4v) is 4.79. The van der Waals surface area contributed by atoms with Gasteiger partial charge < -0.3 is 14.4 Å². The second-order valence-corrected chi connectivity index (χ2v) is 10.3. The quantitative estimate of drug-likeness (QED) is 0.182. The summed E-state index contributed by atoms with van der Waals surface area (Å²) in [6, 6.07) is 39.8. The predicted octanol–water partition coefficient (Wildman–Crippen LogP) is 10.0. The van der Waals surface area contributed by atoms with Crippen LogP contribution in [-0.4, -0.2) is 14.2 Å². The van der Waals surface area contributed by atoms with E-state index >= 15 is 0 Å². The maximum absolute atomic E-state index is 5.58. The van der Waals surface area contributed by atoms with E-state index in [0.717, 1.165) is 48.6 Å². The molecule has 0 heterocycles. The Morgan fingerprint density at radius 2 is 0.757 bits per heavy atom. The third-order valence-corrected chi connectivity index (χ3v) is 7.26. The highest BCUT2D eigenvalue weighted by Crippen LogP contribution is 2.40. The first-order valence-corrected chi connectivity index (χ1v) is 13.4. The van der Waals surface area contributed by atoms with Gasteiger partial charge in [0.25, 0.3) is 0 Å². The summed E-state index contributed by atoms with van der Waals surface area (Å²) in [7, 11) is 3.34. The van der Waals surface area contributed by atoms with Crippen LogP contribution in [0, 0.1) is 0 Å². The Hall–Kier alpha value is -3.54. The largest absolute Gasteiger partial charge is 0.497 e. The Kier molecular flexibility index (Phi) is 7.63. The molecule has 0 aliphatic carbocycles. The van der Waals surface area contributed by atoms with Crippen molar-refractivity contribution in [1.29, 1.82) is 0 Å². The fraction of sp³-hybridized carbons (Fsp3) is 0.0625. The van der Waals surface area contributed by atoms with E-state index in [-0.39, 0.29) is 0 Å². The van der Waals surface area contributed by atoms with Crippen molar-refractivity contribution in [2.75, 3.05) is 19.1 Å². The van der Waals surface area contributed by atoms with Gasteiger partial charge in [-0.3, -0.25) is 0 Å². The molecule has 0 radical (unpaired) electrons. The van der Waals surface area contributed by atoms with Crippen molar-refractivity contribution in [3.63, 3.8) is 0 Å². The highest BCUT2D eigenvalue weighted by atomic mass is 79.9. The van der Waals surface area contributed by atoms with E-state index in [1.165, 1.54) is 11.1 Å². The Morgan fingerprint density at radius 1 is 0.432 bits per heavy atom. The summed E-state index contributed by atoms with van der Waals surface area (Å²) in [5.41, 5.74) is 7.67. The smallest absolute Gasteiger partial charge is 0.124 e. The summed E-state index contributed by atoms with van der Waals surface area (Å²) in [4.78, 5) is 2.21. The summed E-state index contributed by atoms with van der Waals surface area (Å²) >= 11 is 7.04. The number of halogens is 2. The zero-order valence-electron chi connectivity index (χ0n) is 20.5. The molecule has 0 saturated carbocycles. The summed E-state index contributed by atoms with van der Waals surface area (Å²) in [6.07, 6.45) is 0. The SMILES string of the molecule is COc1cc(OC)cc(N(c2ccc(-c3ccc(Br)cc3)cc2)c2ccc(-c3ccc(Br)cc3)cc2)c1. The van der Waals surface area contributed by atoms with Gasteiger partial charge in [-0.15, -0.1) is 0 Å². The number of hydrogen-bond acceptors (Lipinski definition) is 3. The highest BCUT2D eigenvalue weighted by Gasteiger charge is 2.16. The van der Waals surface area contributed by atoms with Gasteiger partial charge in [0.15, 0.2) is 0 Å². The molecular formula is C32H25Br2NO2. The molecule has 0 amide bonds. The zero-order chi connectivity index (χ0) is 25.8. The van der Waals surface area contributed by atoms with Crippen LogP contribution in [0.2, 0.25) is 0 Å².